The van der Waals surface area contributed by atoms with Gasteiger partial charge in [-0.3, -0.25) is 0 Å². The first-order valence-electron chi connectivity index (χ1n) is 4.54. The molecule has 2 N–H and O–H groups in total. The zero-order valence-electron chi connectivity index (χ0n) is 7.24. The van der Waals surface area contributed by atoms with Gasteiger partial charge in [0.15, 0.2) is 0 Å². The van der Waals surface area contributed by atoms with Gasteiger partial charge in [0, 0.05) is 12.5 Å². The molecule has 0 aliphatic heterocycles. The van der Waals surface area contributed by atoms with E-state index in [4.69, 9.17) is 11.5 Å². The van der Waals surface area contributed by atoms with Gasteiger partial charge in [-0.25, -0.2) is 0 Å². The van der Waals surface area contributed by atoms with Crippen molar-refractivity contribution in [2.24, 2.45) is 11.8 Å². The molecule has 0 aromatic carbocycles. The molecule has 1 aliphatic rings. The lowest BCUT2D eigenvalue weighted by molar-refractivity contribution is 0.0547. The molecule has 1 aliphatic carbocycles. The second-order valence-electron chi connectivity index (χ2n) is 3.50. The third-order valence-corrected chi connectivity index (χ3v) is 2.78. The molecule has 3 atom stereocenters. The van der Waals surface area contributed by atoms with Crippen LogP contribution in [0.3, 0.4) is 0 Å². The van der Waals surface area contributed by atoms with E-state index >= 15 is 0 Å². The summed E-state index contributed by atoms with van der Waals surface area (Å²) in [6, 6.07) is 0. The maximum Gasteiger partial charge on any atom is 0.117 e. The molecule has 68 valence electrons. The molecule has 2 nitrogen and oxygen atoms in total. The van der Waals surface area contributed by atoms with E-state index in [1.54, 1.807) is 0 Å². The zero-order valence-corrected chi connectivity index (χ0v) is 7.24. The van der Waals surface area contributed by atoms with Crippen molar-refractivity contribution in [1.29, 1.82) is 0 Å². The highest BCUT2D eigenvalue weighted by Gasteiger charge is 2.29. The Hall–Kier alpha value is -0.520. The van der Waals surface area contributed by atoms with Crippen LogP contribution >= 0.6 is 0 Å². The highest BCUT2D eigenvalue weighted by molar-refractivity contribution is 4.99. The Morgan fingerprint density at radius 3 is 2.67 bits per heavy atom. The third-order valence-electron chi connectivity index (χ3n) is 2.78. The lowest BCUT2D eigenvalue weighted by Gasteiger charge is -2.31. The Kier molecular flexibility index (Phi) is 3.58. The van der Waals surface area contributed by atoms with E-state index in [1.807, 2.05) is 0 Å². The van der Waals surface area contributed by atoms with Crippen molar-refractivity contribution in [1.82, 2.24) is 0 Å². The van der Waals surface area contributed by atoms with Crippen molar-refractivity contribution in [3.8, 4) is 12.3 Å². The molecule has 0 saturated heterocycles. The number of aliphatic hydroxyl groups excluding tert-OH is 2. The van der Waals surface area contributed by atoms with Crippen molar-refractivity contribution in [2.75, 3.05) is 6.61 Å². The molecule has 0 spiro atoms. The molecule has 1 saturated carbocycles. The summed E-state index contributed by atoms with van der Waals surface area (Å²) >= 11 is 0. The summed E-state index contributed by atoms with van der Waals surface area (Å²) in [5.74, 6) is 2.68. The normalized spacial score (nSPS) is 32.4. The standard InChI is InChI=1S/C10H16O2/c1-2-10(12)9-6-4-3-5-8(9)7-11/h1,8-12H,3-7H2/t8-,9-,10?/m0/s1. The molecule has 0 amide bonds. The van der Waals surface area contributed by atoms with Crippen molar-refractivity contribution < 1.29 is 10.2 Å². The molecule has 0 bridgehead atoms. The van der Waals surface area contributed by atoms with Gasteiger partial charge in [0.2, 0.25) is 0 Å². The molecule has 0 aromatic rings. The molecule has 0 radical (unpaired) electrons. The minimum atomic E-state index is -0.664. The second kappa shape index (κ2) is 4.49. The summed E-state index contributed by atoms with van der Waals surface area (Å²) in [5.41, 5.74) is 0. The second-order valence-corrected chi connectivity index (χ2v) is 3.50. The predicted octanol–water partition coefficient (Wildman–Crippen LogP) is 0.779. The Balaban J connectivity index is 2.53. The zero-order chi connectivity index (χ0) is 8.97. The average molecular weight is 168 g/mol. The molecule has 0 heterocycles. The first kappa shape index (κ1) is 9.57. The van der Waals surface area contributed by atoms with Crippen LogP contribution in [0.5, 0.6) is 0 Å². The summed E-state index contributed by atoms with van der Waals surface area (Å²) in [6.07, 6.45) is 8.71. The quantitative estimate of drug-likeness (QED) is 0.598. The van der Waals surface area contributed by atoms with Crippen LogP contribution in [0.1, 0.15) is 25.7 Å². The number of hydrogen-bond acceptors (Lipinski definition) is 2. The summed E-state index contributed by atoms with van der Waals surface area (Å²) < 4.78 is 0. The molecular formula is C10H16O2. The van der Waals surface area contributed by atoms with Crippen molar-refractivity contribution in [3.63, 3.8) is 0 Å². The Bertz CT molecular complexity index is 171. The maximum atomic E-state index is 9.44. The van der Waals surface area contributed by atoms with Crippen LogP contribution in [0.15, 0.2) is 0 Å². The molecule has 12 heavy (non-hydrogen) atoms. The Morgan fingerprint density at radius 2 is 2.08 bits per heavy atom. The smallest absolute Gasteiger partial charge is 0.117 e. The fourth-order valence-electron chi connectivity index (χ4n) is 2.00. The van der Waals surface area contributed by atoms with Gasteiger partial charge in [-0.2, -0.15) is 0 Å². The summed E-state index contributed by atoms with van der Waals surface area (Å²) in [7, 11) is 0. The van der Waals surface area contributed by atoms with Gasteiger partial charge in [0.1, 0.15) is 6.10 Å². The predicted molar refractivity (Wildman–Crippen MR) is 47.4 cm³/mol. The number of hydrogen-bond donors (Lipinski definition) is 2. The van der Waals surface area contributed by atoms with Crippen LogP contribution in [0, 0.1) is 24.2 Å². The van der Waals surface area contributed by atoms with Crippen molar-refractivity contribution >= 4 is 0 Å². The Labute approximate surface area is 73.6 Å². The lowest BCUT2D eigenvalue weighted by atomic mass is 9.77. The molecule has 2 heteroatoms. The molecule has 1 unspecified atom stereocenters. The van der Waals surface area contributed by atoms with E-state index in [0.717, 1.165) is 25.7 Å². The largest absolute Gasteiger partial charge is 0.396 e. The lowest BCUT2D eigenvalue weighted by Crippen LogP contribution is -2.31. The number of aliphatic hydroxyl groups is 2. The van der Waals surface area contributed by atoms with Crippen LogP contribution in [-0.2, 0) is 0 Å². The highest BCUT2D eigenvalue weighted by Crippen LogP contribution is 2.31. The van der Waals surface area contributed by atoms with E-state index in [-0.39, 0.29) is 18.4 Å². The monoisotopic (exact) mass is 168 g/mol. The van der Waals surface area contributed by atoms with Gasteiger partial charge in [0.25, 0.3) is 0 Å². The van der Waals surface area contributed by atoms with E-state index in [1.165, 1.54) is 0 Å². The fraction of sp³-hybridized carbons (Fsp3) is 0.800. The first-order chi connectivity index (χ1) is 5.79. The highest BCUT2D eigenvalue weighted by atomic mass is 16.3. The van der Waals surface area contributed by atoms with E-state index in [2.05, 4.69) is 5.92 Å². The number of terminal acetylenes is 1. The molecular weight excluding hydrogens is 152 g/mol. The van der Waals surface area contributed by atoms with E-state index < -0.39 is 6.10 Å². The van der Waals surface area contributed by atoms with Crippen molar-refractivity contribution in [3.05, 3.63) is 0 Å². The minimum absolute atomic E-state index is 0.119. The van der Waals surface area contributed by atoms with Crippen LogP contribution < -0.4 is 0 Å². The van der Waals surface area contributed by atoms with Gasteiger partial charge < -0.3 is 10.2 Å². The third kappa shape index (κ3) is 2.00. The van der Waals surface area contributed by atoms with Gasteiger partial charge >= 0.3 is 0 Å². The molecule has 0 aromatic heterocycles. The molecule has 1 fully saturated rings. The summed E-state index contributed by atoms with van der Waals surface area (Å²) in [5, 5.41) is 18.5. The van der Waals surface area contributed by atoms with Crippen LogP contribution in [0.25, 0.3) is 0 Å². The van der Waals surface area contributed by atoms with Gasteiger partial charge in [-0.05, 0) is 18.8 Å². The fourth-order valence-corrected chi connectivity index (χ4v) is 2.00. The van der Waals surface area contributed by atoms with E-state index in [9.17, 15) is 5.11 Å². The van der Waals surface area contributed by atoms with Gasteiger partial charge in [-0.1, -0.05) is 18.8 Å². The van der Waals surface area contributed by atoms with Gasteiger partial charge in [0.05, 0.1) is 0 Å². The molecule has 1 rings (SSSR count). The van der Waals surface area contributed by atoms with Gasteiger partial charge in [-0.15, -0.1) is 6.42 Å². The first-order valence-corrected chi connectivity index (χ1v) is 4.54. The topological polar surface area (TPSA) is 40.5 Å². The van der Waals surface area contributed by atoms with E-state index in [0.29, 0.717) is 0 Å². The summed E-state index contributed by atoms with van der Waals surface area (Å²) in [6.45, 7) is 0.156. The van der Waals surface area contributed by atoms with Crippen LogP contribution in [-0.4, -0.2) is 22.9 Å². The maximum absolute atomic E-state index is 9.44. The summed E-state index contributed by atoms with van der Waals surface area (Å²) in [4.78, 5) is 0. The average Bonchev–Trinajstić information content (AvgIpc) is 2.16. The van der Waals surface area contributed by atoms with Crippen molar-refractivity contribution in [2.45, 2.75) is 31.8 Å². The SMILES string of the molecule is C#CC(O)[C@H]1CCCC[C@H]1CO. The number of rotatable bonds is 2. The minimum Gasteiger partial charge on any atom is -0.396 e. The Morgan fingerprint density at radius 1 is 1.42 bits per heavy atom. The van der Waals surface area contributed by atoms with Crippen LogP contribution in [0.2, 0.25) is 0 Å². The van der Waals surface area contributed by atoms with Crippen LogP contribution in [0.4, 0.5) is 0 Å².